The second kappa shape index (κ2) is 3.34. The molecule has 1 atom stereocenters. The summed E-state index contributed by atoms with van der Waals surface area (Å²) in [5.74, 6) is -2.27. The molecule has 0 aromatic heterocycles. The molecule has 0 saturated carbocycles. The Labute approximate surface area is 69.6 Å². The van der Waals surface area contributed by atoms with Crippen LogP contribution in [0.5, 0.6) is 0 Å². The molecule has 0 fully saturated rings. The molecule has 0 aliphatic rings. The second-order valence-electron chi connectivity index (χ2n) is 2.58. The van der Waals surface area contributed by atoms with Crippen molar-refractivity contribution in [2.45, 2.75) is 12.8 Å². The van der Waals surface area contributed by atoms with E-state index < -0.39 is 17.7 Å². The second-order valence-corrected chi connectivity index (χ2v) is 2.58. The van der Waals surface area contributed by atoms with Gasteiger partial charge < -0.3 is 5.11 Å². The Morgan fingerprint density at radius 3 is 2.58 bits per heavy atom. The van der Waals surface area contributed by atoms with E-state index in [2.05, 4.69) is 0 Å². The molecule has 12 heavy (non-hydrogen) atoms. The fourth-order valence-electron chi connectivity index (χ4n) is 0.959. The van der Waals surface area contributed by atoms with Crippen LogP contribution in [0.25, 0.3) is 0 Å². The van der Waals surface area contributed by atoms with E-state index in [-0.39, 0.29) is 5.56 Å². The Balaban J connectivity index is 3.02. The third-order valence-electron chi connectivity index (χ3n) is 1.74. The summed E-state index contributed by atoms with van der Waals surface area (Å²) in [5, 5.41) is 8.59. The van der Waals surface area contributed by atoms with Gasteiger partial charge in [-0.05, 0) is 13.0 Å². The lowest BCUT2D eigenvalue weighted by Gasteiger charge is -2.06. The number of aliphatic carboxylic acids is 1. The molecule has 3 heteroatoms. The molecular weight excluding hydrogens is 159 g/mol. The third-order valence-corrected chi connectivity index (χ3v) is 1.74. The third kappa shape index (κ3) is 1.61. The standard InChI is InChI=1S/C9H9FO2/c1-6(9(11)12)7-4-2-3-5-8(7)10/h2-6H,1H3,(H,11,12)/t6-/m0/s1. The van der Waals surface area contributed by atoms with Crippen LogP contribution >= 0.6 is 0 Å². The predicted octanol–water partition coefficient (Wildman–Crippen LogP) is 2.01. The Kier molecular flexibility index (Phi) is 2.43. The van der Waals surface area contributed by atoms with E-state index in [0.29, 0.717) is 0 Å². The Hall–Kier alpha value is -1.38. The van der Waals surface area contributed by atoms with Gasteiger partial charge in [0.2, 0.25) is 0 Å². The number of hydrogen-bond donors (Lipinski definition) is 1. The molecule has 0 saturated heterocycles. The van der Waals surface area contributed by atoms with Crippen LogP contribution in [0.3, 0.4) is 0 Å². The molecule has 0 aliphatic carbocycles. The molecule has 2 nitrogen and oxygen atoms in total. The van der Waals surface area contributed by atoms with E-state index in [1.165, 1.54) is 25.1 Å². The predicted molar refractivity (Wildman–Crippen MR) is 42.5 cm³/mol. The van der Waals surface area contributed by atoms with Gasteiger partial charge in [0, 0.05) is 5.56 Å². The minimum absolute atomic E-state index is 0.227. The highest BCUT2D eigenvalue weighted by molar-refractivity contribution is 5.75. The highest BCUT2D eigenvalue weighted by Crippen LogP contribution is 2.18. The minimum Gasteiger partial charge on any atom is -0.481 e. The summed E-state index contributed by atoms with van der Waals surface area (Å²) < 4.78 is 12.9. The van der Waals surface area contributed by atoms with Gasteiger partial charge in [-0.1, -0.05) is 18.2 Å². The molecule has 1 rings (SSSR count). The van der Waals surface area contributed by atoms with Crippen molar-refractivity contribution in [2.24, 2.45) is 0 Å². The first-order valence-corrected chi connectivity index (χ1v) is 3.60. The highest BCUT2D eigenvalue weighted by atomic mass is 19.1. The molecule has 1 N–H and O–H groups in total. The summed E-state index contributed by atoms with van der Waals surface area (Å²) in [4.78, 5) is 10.5. The summed E-state index contributed by atoms with van der Waals surface area (Å²) in [6.45, 7) is 1.46. The number of benzene rings is 1. The van der Waals surface area contributed by atoms with Crippen LogP contribution in [0.15, 0.2) is 24.3 Å². The highest BCUT2D eigenvalue weighted by Gasteiger charge is 2.16. The molecule has 0 bridgehead atoms. The largest absolute Gasteiger partial charge is 0.481 e. The summed E-state index contributed by atoms with van der Waals surface area (Å²) in [7, 11) is 0. The zero-order valence-electron chi connectivity index (χ0n) is 6.62. The number of carboxylic acids is 1. The van der Waals surface area contributed by atoms with Gasteiger partial charge in [-0.3, -0.25) is 4.79 Å². The van der Waals surface area contributed by atoms with E-state index in [1.807, 2.05) is 0 Å². The van der Waals surface area contributed by atoms with Crippen molar-refractivity contribution in [2.75, 3.05) is 0 Å². The monoisotopic (exact) mass is 168 g/mol. The van der Waals surface area contributed by atoms with Gasteiger partial charge in [0.25, 0.3) is 0 Å². The average Bonchev–Trinajstić information content (AvgIpc) is 2.04. The maximum absolute atomic E-state index is 12.9. The van der Waals surface area contributed by atoms with Gasteiger partial charge in [0.05, 0.1) is 5.92 Å². The van der Waals surface area contributed by atoms with Gasteiger partial charge in [-0.15, -0.1) is 0 Å². The summed E-state index contributed by atoms with van der Waals surface area (Å²) >= 11 is 0. The van der Waals surface area contributed by atoms with Crippen molar-refractivity contribution in [3.05, 3.63) is 35.6 Å². The van der Waals surface area contributed by atoms with E-state index in [4.69, 9.17) is 5.11 Å². The van der Waals surface area contributed by atoms with Gasteiger partial charge in [-0.2, -0.15) is 0 Å². The molecule has 0 amide bonds. The Morgan fingerprint density at radius 1 is 1.50 bits per heavy atom. The summed E-state index contributed by atoms with van der Waals surface area (Å²) in [6, 6.07) is 5.90. The van der Waals surface area contributed by atoms with E-state index in [9.17, 15) is 9.18 Å². The lowest BCUT2D eigenvalue weighted by molar-refractivity contribution is -0.138. The van der Waals surface area contributed by atoms with Gasteiger partial charge >= 0.3 is 5.97 Å². The van der Waals surface area contributed by atoms with Crippen molar-refractivity contribution >= 4 is 5.97 Å². The molecular formula is C9H9FO2. The first kappa shape index (κ1) is 8.71. The normalized spacial score (nSPS) is 12.5. The minimum atomic E-state index is -1.01. The van der Waals surface area contributed by atoms with E-state index in [0.717, 1.165) is 0 Å². The van der Waals surface area contributed by atoms with Crippen LogP contribution in [0.4, 0.5) is 4.39 Å². The van der Waals surface area contributed by atoms with Gasteiger partial charge in [-0.25, -0.2) is 4.39 Å². The number of halogens is 1. The molecule has 1 aromatic rings. The number of hydrogen-bond acceptors (Lipinski definition) is 1. The Bertz CT molecular complexity index is 296. The summed E-state index contributed by atoms with van der Waals surface area (Å²) in [6.07, 6.45) is 0. The molecule has 0 spiro atoms. The van der Waals surface area contributed by atoms with E-state index >= 15 is 0 Å². The van der Waals surface area contributed by atoms with Crippen molar-refractivity contribution in [3.8, 4) is 0 Å². The molecule has 0 unspecified atom stereocenters. The van der Waals surface area contributed by atoms with Crippen LogP contribution in [0.2, 0.25) is 0 Å². The molecule has 0 aliphatic heterocycles. The molecule has 0 radical (unpaired) electrons. The SMILES string of the molecule is C[C@H](C(=O)O)c1ccccc1F. The van der Waals surface area contributed by atoms with E-state index in [1.54, 1.807) is 6.07 Å². The van der Waals surface area contributed by atoms with Crippen LogP contribution in [-0.2, 0) is 4.79 Å². The number of carbonyl (C=O) groups is 1. The Morgan fingerprint density at radius 2 is 2.08 bits per heavy atom. The fraction of sp³-hybridized carbons (Fsp3) is 0.222. The van der Waals surface area contributed by atoms with Crippen LogP contribution in [-0.4, -0.2) is 11.1 Å². The lowest BCUT2D eigenvalue weighted by Crippen LogP contribution is -2.08. The summed E-state index contributed by atoms with van der Waals surface area (Å²) in [5.41, 5.74) is 0.227. The van der Waals surface area contributed by atoms with Crippen molar-refractivity contribution in [1.82, 2.24) is 0 Å². The topological polar surface area (TPSA) is 37.3 Å². The molecule has 1 aromatic carbocycles. The van der Waals surface area contributed by atoms with Crippen molar-refractivity contribution in [3.63, 3.8) is 0 Å². The quantitative estimate of drug-likeness (QED) is 0.733. The first-order chi connectivity index (χ1) is 5.63. The molecule has 0 heterocycles. The lowest BCUT2D eigenvalue weighted by atomic mass is 10.0. The average molecular weight is 168 g/mol. The first-order valence-electron chi connectivity index (χ1n) is 3.60. The maximum atomic E-state index is 12.9. The fourth-order valence-corrected chi connectivity index (χ4v) is 0.959. The maximum Gasteiger partial charge on any atom is 0.310 e. The zero-order chi connectivity index (χ0) is 9.14. The van der Waals surface area contributed by atoms with Gasteiger partial charge in [0.15, 0.2) is 0 Å². The number of carboxylic acid groups (broad SMARTS) is 1. The van der Waals surface area contributed by atoms with Gasteiger partial charge in [0.1, 0.15) is 5.82 Å². The van der Waals surface area contributed by atoms with Crippen LogP contribution < -0.4 is 0 Å². The van der Waals surface area contributed by atoms with Crippen molar-refractivity contribution < 1.29 is 14.3 Å². The molecule has 64 valence electrons. The van der Waals surface area contributed by atoms with Crippen molar-refractivity contribution in [1.29, 1.82) is 0 Å². The number of rotatable bonds is 2. The van der Waals surface area contributed by atoms with Crippen LogP contribution in [0.1, 0.15) is 18.4 Å². The smallest absolute Gasteiger partial charge is 0.310 e. The van der Waals surface area contributed by atoms with Crippen LogP contribution in [0, 0.1) is 5.82 Å². The zero-order valence-corrected chi connectivity index (χ0v) is 6.62.